The van der Waals surface area contributed by atoms with Crippen LogP contribution in [0.25, 0.3) is 0 Å². The van der Waals surface area contributed by atoms with Gasteiger partial charge in [0.05, 0.1) is 6.54 Å². The van der Waals surface area contributed by atoms with Crippen molar-refractivity contribution >= 4 is 0 Å². The lowest BCUT2D eigenvalue weighted by atomic mass is 10.2. The fourth-order valence-electron chi connectivity index (χ4n) is 1.54. The van der Waals surface area contributed by atoms with E-state index in [1.54, 1.807) is 6.08 Å². The molecule has 0 aromatic heterocycles. The molecule has 0 aromatic rings. The number of ether oxygens (including phenoxy) is 2. The second kappa shape index (κ2) is 7.96. The van der Waals surface area contributed by atoms with Gasteiger partial charge in [0.2, 0.25) is 0 Å². The van der Waals surface area contributed by atoms with E-state index in [0.717, 1.165) is 12.2 Å². The van der Waals surface area contributed by atoms with E-state index in [0.29, 0.717) is 12.3 Å². The van der Waals surface area contributed by atoms with Gasteiger partial charge in [-0.15, -0.1) is 0 Å². The zero-order chi connectivity index (χ0) is 13.3. The first-order valence-corrected chi connectivity index (χ1v) is 6.23. The molecule has 0 aliphatic carbocycles. The predicted molar refractivity (Wildman–Crippen MR) is 72.5 cm³/mol. The van der Waals surface area contributed by atoms with Crippen molar-refractivity contribution in [2.45, 2.75) is 39.9 Å². The SMILES string of the molecule is C=CC1=C(/C=C\C)OC(CC)(CNC)O1.CC. The Kier molecular flexibility index (Phi) is 7.39. The summed E-state index contributed by atoms with van der Waals surface area (Å²) in [5, 5.41) is 3.07. The first kappa shape index (κ1) is 15.8. The largest absolute Gasteiger partial charge is 0.447 e. The van der Waals surface area contributed by atoms with Crippen LogP contribution in [0.1, 0.15) is 34.1 Å². The van der Waals surface area contributed by atoms with Gasteiger partial charge in [-0.05, 0) is 26.1 Å². The molecular weight excluding hydrogens is 214 g/mol. The lowest BCUT2D eigenvalue weighted by molar-refractivity contribution is -0.147. The van der Waals surface area contributed by atoms with E-state index in [2.05, 4.69) is 11.9 Å². The van der Waals surface area contributed by atoms with Crippen LogP contribution in [0.3, 0.4) is 0 Å². The Hall–Kier alpha value is -1.22. The first-order valence-electron chi connectivity index (χ1n) is 6.23. The highest BCUT2D eigenvalue weighted by atomic mass is 16.7. The molecule has 1 aliphatic rings. The lowest BCUT2D eigenvalue weighted by Crippen LogP contribution is -2.40. The van der Waals surface area contributed by atoms with Crippen LogP contribution in [-0.4, -0.2) is 19.4 Å². The number of hydrogen-bond acceptors (Lipinski definition) is 3. The quantitative estimate of drug-likeness (QED) is 0.798. The van der Waals surface area contributed by atoms with E-state index < -0.39 is 5.79 Å². The van der Waals surface area contributed by atoms with Crippen LogP contribution in [-0.2, 0) is 9.47 Å². The molecule has 1 rings (SSSR count). The summed E-state index contributed by atoms with van der Waals surface area (Å²) in [5.74, 6) is 0.891. The summed E-state index contributed by atoms with van der Waals surface area (Å²) < 4.78 is 11.6. The molecule has 1 atom stereocenters. The zero-order valence-corrected chi connectivity index (χ0v) is 11.7. The maximum Gasteiger partial charge on any atom is 0.263 e. The number of allylic oxidation sites excluding steroid dienone is 3. The third-order valence-corrected chi connectivity index (χ3v) is 2.32. The molecule has 3 nitrogen and oxygen atoms in total. The normalized spacial score (nSPS) is 22.9. The molecule has 0 spiro atoms. The van der Waals surface area contributed by atoms with E-state index >= 15 is 0 Å². The molecule has 0 saturated heterocycles. The number of rotatable bonds is 5. The van der Waals surface area contributed by atoms with E-state index in [1.165, 1.54) is 0 Å². The van der Waals surface area contributed by atoms with Crippen LogP contribution < -0.4 is 5.32 Å². The van der Waals surface area contributed by atoms with Gasteiger partial charge in [0, 0.05) is 6.42 Å². The van der Waals surface area contributed by atoms with E-state index in [-0.39, 0.29) is 0 Å². The monoisotopic (exact) mass is 239 g/mol. The topological polar surface area (TPSA) is 30.5 Å². The van der Waals surface area contributed by atoms with Gasteiger partial charge in [-0.1, -0.05) is 33.4 Å². The number of hydrogen-bond donors (Lipinski definition) is 1. The Morgan fingerprint density at radius 3 is 2.29 bits per heavy atom. The third-order valence-electron chi connectivity index (χ3n) is 2.32. The molecule has 1 unspecified atom stereocenters. The summed E-state index contributed by atoms with van der Waals surface area (Å²) in [5.41, 5.74) is 0. The van der Waals surface area contributed by atoms with Crippen molar-refractivity contribution in [3.05, 3.63) is 36.3 Å². The van der Waals surface area contributed by atoms with Gasteiger partial charge in [0.25, 0.3) is 5.79 Å². The highest BCUT2D eigenvalue weighted by Gasteiger charge is 2.39. The van der Waals surface area contributed by atoms with Gasteiger partial charge in [0.1, 0.15) is 0 Å². The summed E-state index contributed by atoms with van der Waals surface area (Å²) in [6.45, 7) is 12.4. The molecule has 3 heteroatoms. The minimum atomic E-state index is -0.576. The first-order chi connectivity index (χ1) is 8.21. The van der Waals surface area contributed by atoms with Crippen molar-refractivity contribution in [1.29, 1.82) is 0 Å². The van der Waals surface area contributed by atoms with Gasteiger partial charge < -0.3 is 14.8 Å². The van der Waals surface area contributed by atoms with Crippen molar-refractivity contribution < 1.29 is 9.47 Å². The van der Waals surface area contributed by atoms with Crippen molar-refractivity contribution in [1.82, 2.24) is 5.32 Å². The Labute approximate surface area is 105 Å². The van der Waals surface area contributed by atoms with Crippen LogP contribution in [0, 0.1) is 0 Å². The molecular formula is C14H25NO2. The van der Waals surface area contributed by atoms with Gasteiger partial charge in [-0.2, -0.15) is 0 Å². The molecule has 0 saturated carbocycles. The van der Waals surface area contributed by atoms with E-state index in [4.69, 9.17) is 9.47 Å². The molecule has 0 radical (unpaired) electrons. The number of nitrogens with one attached hydrogen (secondary N) is 1. The summed E-state index contributed by atoms with van der Waals surface area (Å²) in [6.07, 6.45) is 6.28. The van der Waals surface area contributed by atoms with E-state index in [1.807, 2.05) is 46.9 Å². The lowest BCUT2D eigenvalue weighted by Gasteiger charge is -2.27. The average molecular weight is 239 g/mol. The molecule has 0 bridgehead atoms. The van der Waals surface area contributed by atoms with Crippen LogP contribution in [0.4, 0.5) is 0 Å². The molecule has 1 aliphatic heterocycles. The van der Waals surface area contributed by atoms with Crippen molar-refractivity contribution in [2.75, 3.05) is 13.6 Å². The molecule has 0 fully saturated rings. The Morgan fingerprint density at radius 1 is 1.29 bits per heavy atom. The molecule has 0 amide bonds. The van der Waals surface area contributed by atoms with Crippen LogP contribution in [0.2, 0.25) is 0 Å². The summed E-state index contributed by atoms with van der Waals surface area (Å²) in [7, 11) is 1.88. The smallest absolute Gasteiger partial charge is 0.263 e. The van der Waals surface area contributed by atoms with Crippen LogP contribution in [0.15, 0.2) is 36.3 Å². The van der Waals surface area contributed by atoms with Crippen molar-refractivity contribution in [3.8, 4) is 0 Å². The Balaban J connectivity index is 0.00000121. The molecule has 1 heterocycles. The molecule has 0 aromatic carbocycles. The predicted octanol–water partition coefficient (Wildman–Crippen LogP) is 3.36. The molecule has 17 heavy (non-hydrogen) atoms. The average Bonchev–Trinajstić information content (AvgIpc) is 2.72. The van der Waals surface area contributed by atoms with E-state index in [9.17, 15) is 0 Å². The standard InChI is InChI=1S/C12H19NO2.C2H6/c1-5-8-11-10(6-2)14-12(7-3,15-11)9-13-4;1-2/h5-6,8,13H,2,7,9H2,1,3-4H3;1-2H3/b8-5-;. The van der Waals surface area contributed by atoms with Crippen LogP contribution in [0.5, 0.6) is 0 Å². The van der Waals surface area contributed by atoms with Crippen LogP contribution >= 0.6 is 0 Å². The second-order valence-corrected chi connectivity index (χ2v) is 3.43. The minimum absolute atomic E-state index is 0.576. The molecule has 98 valence electrons. The van der Waals surface area contributed by atoms with Crippen molar-refractivity contribution in [2.24, 2.45) is 0 Å². The summed E-state index contributed by atoms with van der Waals surface area (Å²) in [4.78, 5) is 0. The highest BCUT2D eigenvalue weighted by Crippen LogP contribution is 2.34. The zero-order valence-electron chi connectivity index (χ0n) is 11.7. The Morgan fingerprint density at radius 2 is 1.88 bits per heavy atom. The van der Waals surface area contributed by atoms with Gasteiger partial charge in [-0.3, -0.25) is 0 Å². The van der Waals surface area contributed by atoms with Gasteiger partial charge in [-0.25, -0.2) is 0 Å². The molecule has 1 N–H and O–H groups in total. The maximum absolute atomic E-state index is 5.82. The number of likely N-dealkylation sites (N-methyl/N-ethyl adjacent to an activating group) is 1. The summed E-state index contributed by atoms with van der Waals surface area (Å²) >= 11 is 0. The fourth-order valence-corrected chi connectivity index (χ4v) is 1.54. The third kappa shape index (κ3) is 3.93. The van der Waals surface area contributed by atoms with Gasteiger partial charge in [0.15, 0.2) is 11.5 Å². The minimum Gasteiger partial charge on any atom is -0.447 e. The Bertz CT molecular complexity index is 295. The summed E-state index contributed by atoms with van der Waals surface area (Å²) in [6, 6.07) is 0. The maximum atomic E-state index is 5.82. The highest BCUT2D eigenvalue weighted by molar-refractivity contribution is 5.27. The van der Waals surface area contributed by atoms with Gasteiger partial charge >= 0.3 is 0 Å². The fraction of sp³-hybridized carbons (Fsp3) is 0.571. The second-order valence-electron chi connectivity index (χ2n) is 3.43. The van der Waals surface area contributed by atoms with Crippen molar-refractivity contribution in [3.63, 3.8) is 0 Å².